The van der Waals surface area contributed by atoms with Crippen LogP contribution in [0.25, 0.3) is 0 Å². The first kappa shape index (κ1) is 14.3. The van der Waals surface area contributed by atoms with E-state index >= 15 is 0 Å². The lowest BCUT2D eigenvalue weighted by molar-refractivity contribution is 0.804. The molecule has 19 heavy (non-hydrogen) atoms. The molecular weight excluding hydrogens is 296 g/mol. The highest BCUT2D eigenvalue weighted by Crippen LogP contribution is 2.29. The van der Waals surface area contributed by atoms with E-state index in [9.17, 15) is 0 Å². The van der Waals surface area contributed by atoms with E-state index in [0.717, 1.165) is 12.8 Å². The van der Waals surface area contributed by atoms with Gasteiger partial charge in [-0.25, -0.2) is 0 Å². The molecule has 0 amide bonds. The molecule has 2 aromatic rings. The topological polar surface area (TPSA) is 0 Å². The van der Waals surface area contributed by atoms with Crippen molar-refractivity contribution in [1.29, 1.82) is 0 Å². The fourth-order valence-corrected chi connectivity index (χ4v) is 3.24. The van der Waals surface area contributed by atoms with Gasteiger partial charge in [0.15, 0.2) is 0 Å². The monoisotopic (exact) mass is 316 g/mol. The van der Waals surface area contributed by atoms with Gasteiger partial charge in [0.1, 0.15) is 0 Å². The van der Waals surface area contributed by atoms with Crippen molar-refractivity contribution >= 4 is 15.9 Å². The summed E-state index contributed by atoms with van der Waals surface area (Å²) in [5, 5.41) is 0. The number of hydrogen-bond donors (Lipinski definition) is 0. The van der Waals surface area contributed by atoms with Gasteiger partial charge in [0.05, 0.1) is 0 Å². The Morgan fingerprint density at radius 1 is 0.947 bits per heavy atom. The summed E-state index contributed by atoms with van der Waals surface area (Å²) in [7, 11) is 0. The maximum atomic E-state index is 3.81. The second-order valence-electron chi connectivity index (χ2n) is 5.29. The highest BCUT2D eigenvalue weighted by molar-refractivity contribution is 9.09. The third kappa shape index (κ3) is 3.70. The highest BCUT2D eigenvalue weighted by atomic mass is 79.9. The van der Waals surface area contributed by atoms with Gasteiger partial charge in [0.2, 0.25) is 0 Å². The van der Waals surface area contributed by atoms with Crippen LogP contribution in [0.4, 0.5) is 0 Å². The first-order valence-electron chi connectivity index (χ1n) is 6.83. The smallest absolute Gasteiger partial charge is 0.0398 e. The Kier molecular flexibility index (Phi) is 4.81. The van der Waals surface area contributed by atoms with Gasteiger partial charge in [0, 0.05) is 4.83 Å². The van der Waals surface area contributed by atoms with Crippen LogP contribution in [0.1, 0.15) is 39.1 Å². The zero-order valence-electron chi connectivity index (χ0n) is 11.9. The van der Waals surface area contributed by atoms with E-state index in [1.165, 1.54) is 27.8 Å². The summed E-state index contributed by atoms with van der Waals surface area (Å²) >= 11 is 3.81. The fraction of sp³-hybridized carbons (Fsp3) is 0.333. The molecule has 0 aliphatic carbocycles. The number of rotatable bonds is 4. The largest absolute Gasteiger partial charge is 0.0839 e. The van der Waals surface area contributed by atoms with Crippen molar-refractivity contribution in [1.82, 2.24) is 0 Å². The van der Waals surface area contributed by atoms with Crippen molar-refractivity contribution in [2.45, 2.75) is 38.4 Å². The van der Waals surface area contributed by atoms with E-state index in [1.807, 2.05) is 0 Å². The molecule has 1 unspecified atom stereocenters. The lowest BCUT2D eigenvalue weighted by atomic mass is 9.95. The average Bonchev–Trinajstić information content (AvgIpc) is 2.38. The molecule has 0 nitrogen and oxygen atoms in total. The van der Waals surface area contributed by atoms with Gasteiger partial charge in [-0.05, 0) is 55.9 Å². The molecule has 0 N–H and O–H groups in total. The van der Waals surface area contributed by atoms with Crippen LogP contribution >= 0.6 is 15.9 Å². The molecule has 0 radical (unpaired) electrons. The molecule has 0 spiro atoms. The number of alkyl halides is 1. The van der Waals surface area contributed by atoms with E-state index in [4.69, 9.17) is 0 Å². The zero-order chi connectivity index (χ0) is 13.8. The lowest BCUT2D eigenvalue weighted by Crippen LogP contribution is -1.98. The quantitative estimate of drug-likeness (QED) is 0.636. The maximum absolute atomic E-state index is 3.81. The number of aryl methyl sites for hydroxylation is 3. The van der Waals surface area contributed by atoms with Crippen LogP contribution in [-0.2, 0) is 6.42 Å². The maximum Gasteiger partial charge on any atom is 0.0398 e. The second kappa shape index (κ2) is 6.38. The predicted octanol–water partition coefficient (Wildman–Crippen LogP) is 5.68. The van der Waals surface area contributed by atoms with Gasteiger partial charge in [-0.3, -0.25) is 0 Å². The third-order valence-electron chi connectivity index (χ3n) is 3.65. The Balaban J connectivity index is 2.07. The summed E-state index contributed by atoms with van der Waals surface area (Å²) in [6.45, 7) is 6.61. The SMILES string of the molecule is Cc1cc(C)c(CCC(Br)c2ccccc2)c(C)c1. The molecule has 0 aromatic heterocycles. The Morgan fingerprint density at radius 2 is 1.53 bits per heavy atom. The van der Waals surface area contributed by atoms with Crippen molar-refractivity contribution in [3.8, 4) is 0 Å². The summed E-state index contributed by atoms with van der Waals surface area (Å²) in [4.78, 5) is 0.439. The van der Waals surface area contributed by atoms with Crippen molar-refractivity contribution in [3.63, 3.8) is 0 Å². The minimum Gasteiger partial charge on any atom is -0.0839 e. The Hall–Kier alpha value is -1.08. The summed E-state index contributed by atoms with van der Waals surface area (Å²) in [6.07, 6.45) is 2.26. The van der Waals surface area contributed by atoms with Crippen molar-refractivity contribution in [2.75, 3.05) is 0 Å². The normalized spacial score (nSPS) is 12.4. The number of hydrogen-bond acceptors (Lipinski definition) is 0. The zero-order valence-corrected chi connectivity index (χ0v) is 13.5. The Morgan fingerprint density at radius 3 is 2.11 bits per heavy atom. The molecule has 0 aliphatic rings. The van der Waals surface area contributed by atoms with Crippen LogP contribution in [0, 0.1) is 20.8 Å². The van der Waals surface area contributed by atoms with Gasteiger partial charge in [-0.2, -0.15) is 0 Å². The minimum absolute atomic E-state index is 0.439. The molecule has 0 aliphatic heterocycles. The van der Waals surface area contributed by atoms with E-state index in [0.29, 0.717) is 4.83 Å². The molecule has 0 bridgehead atoms. The first-order valence-corrected chi connectivity index (χ1v) is 7.75. The minimum atomic E-state index is 0.439. The van der Waals surface area contributed by atoms with E-state index in [2.05, 4.69) is 79.2 Å². The molecule has 1 atom stereocenters. The van der Waals surface area contributed by atoms with Crippen molar-refractivity contribution < 1.29 is 0 Å². The van der Waals surface area contributed by atoms with Gasteiger partial charge in [-0.15, -0.1) is 0 Å². The molecule has 2 rings (SSSR count). The molecule has 100 valence electrons. The van der Waals surface area contributed by atoms with Crippen molar-refractivity contribution in [3.05, 3.63) is 70.3 Å². The summed E-state index contributed by atoms with van der Waals surface area (Å²) in [6, 6.07) is 15.2. The Labute approximate surface area is 125 Å². The predicted molar refractivity (Wildman–Crippen MR) is 87.1 cm³/mol. The van der Waals surface area contributed by atoms with Crippen LogP contribution in [0.5, 0.6) is 0 Å². The molecule has 0 saturated heterocycles. The molecule has 0 saturated carbocycles. The van der Waals surface area contributed by atoms with Gasteiger partial charge in [-0.1, -0.05) is 64.0 Å². The van der Waals surface area contributed by atoms with Crippen LogP contribution in [-0.4, -0.2) is 0 Å². The van der Waals surface area contributed by atoms with Crippen molar-refractivity contribution in [2.24, 2.45) is 0 Å². The number of benzene rings is 2. The molecular formula is C18H21Br. The van der Waals surface area contributed by atoms with Crippen LogP contribution in [0.3, 0.4) is 0 Å². The molecule has 0 fully saturated rings. The van der Waals surface area contributed by atoms with E-state index in [1.54, 1.807) is 0 Å². The van der Waals surface area contributed by atoms with E-state index in [-0.39, 0.29) is 0 Å². The molecule has 1 heteroatoms. The average molecular weight is 317 g/mol. The fourth-order valence-electron chi connectivity index (χ4n) is 2.70. The van der Waals surface area contributed by atoms with Gasteiger partial charge in [0.25, 0.3) is 0 Å². The summed E-state index contributed by atoms with van der Waals surface area (Å²) in [5.41, 5.74) is 7.07. The summed E-state index contributed by atoms with van der Waals surface area (Å²) in [5.74, 6) is 0. The standard InChI is InChI=1S/C18H21Br/c1-13-11-14(2)17(15(3)12-13)9-10-18(19)16-7-5-4-6-8-16/h4-8,11-12,18H,9-10H2,1-3H3. The van der Waals surface area contributed by atoms with Gasteiger partial charge < -0.3 is 0 Å². The van der Waals surface area contributed by atoms with Crippen LogP contribution in [0.15, 0.2) is 42.5 Å². The third-order valence-corrected chi connectivity index (χ3v) is 4.64. The van der Waals surface area contributed by atoms with Gasteiger partial charge >= 0.3 is 0 Å². The highest BCUT2D eigenvalue weighted by Gasteiger charge is 2.10. The first-order chi connectivity index (χ1) is 9.08. The molecule has 0 heterocycles. The van der Waals surface area contributed by atoms with Crippen LogP contribution in [0.2, 0.25) is 0 Å². The Bertz CT molecular complexity index is 520. The van der Waals surface area contributed by atoms with E-state index < -0.39 is 0 Å². The lowest BCUT2D eigenvalue weighted by Gasteiger charge is -2.14. The number of halogens is 1. The second-order valence-corrected chi connectivity index (χ2v) is 6.40. The molecule has 2 aromatic carbocycles. The van der Waals surface area contributed by atoms with Crippen LogP contribution < -0.4 is 0 Å². The summed E-state index contributed by atoms with van der Waals surface area (Å²) < 4.78 is 0.